The second kappa shape index (κ2) is 6.95. The summed E-state index contributed by atoms with van der Waals surface area (Å²) in [5, 5.41) is 6.89. The summed E-state index contributed by atoms with van der Waals surface area (Å²) in [5.74, 6) is 0.681. The van der Waals surface area contributed by atoms with E-state index >= 15 is 0 Å². The lowest BCUT2D eigenvalue weighted by molar-refractivity contribution is 0.176. The predicted molar refractivity (Wildman–Crippen MR) is 92.8 cm³/mol. The third-order valence-corrected chi connectivity index (χ3v) is 4.46. The van der Waals surface area contributed by atoms with Gasteiger partial charge in [-0.2, -0.15) is 0 Å². The molecule has 0 saturated carbocycles. The molecule has 2 heterocycles. The fourth-order valence-electron chi connectivity index (χ4n) is 3.09. The van der Waals surface area contributed by atoms with Gasteiger partial charge in [0, 0.05) is 37.9 Å². The van der Waals surface area contributed by atoms with Crippen LogP contribution in [0.1, 0.15) is 30.9 Å². The molecule has 2 amide bonds. The molecule has 0 unspecified atom stereocenters. The van der Waals surface area contributed by atoms with Gasteiger partial charge in [0.05, 0.1) is 12.2 Å². The first-order valence-electron chi connectivity index (χ1n) is 8.36. The summed E-state index contributed by atoms with van der Waals surface area (Å²) >= 11 is 0. The Hall–Kier alpha value is -2.50. The fraction of sp³-hybridized carbons (Fsp3) is 0.444. The van der Waals surface area contributed by atoms with E-state index in [-0.39, 0.29) is 12.1 Å². The van der Waals surface area contributed by atoms with Crippen LogP contribution in [-0.2, 0) is 19.5 Å². The molecule has 0 bridgehead atoms. The van der Waals surface area contributed by atoms with Crippen LogP contribution < -0.4 is 10.2 Å². The Bertz CT molecular complexity index is 713. The standard InChI is InChI=1S/C18H24N4O2/c1-4-15-9-16(24-20-15)10-19-18(23)22-12-14-7-5-6-8-17(14)21(3)11-13(22)2/h5-9,13H,4,10-12H2,1-3H3,(H,19,23)/t13-/m0/s1. The van der Waals surface area contributed by atoms with E-state index in [9.17, 15) is 4.79 Å². The number of carbonyl (C=O) groups is 1. The lowest BCUT2D eigenvalue weighted by atomic mass is 10.1. The molecule has 0 fully saturated rings. The number of benzene rings is 1. The van der Waals surface area contributed by atoms with Gasteiger partial charge in [-0.3, -0.25) is 0 Å². The minimum absolute atomic E-state index is 0.0814. The zero-order valence-electron chi connectivity index (χ0n) is 14.5. The highest BCUT2D eigenvalue weighted by atomic mass is 16.5. The minimum Gasteiger partial charge on any atom is -0.372 e. The molecular formula is C18H24N4O2. The first kappa shape index (κ1) is 16.4. The number of fused-ring (bicyclic) bond motifs is 1. The molecule has 6 nitrogen and oxygen atoms in total. The van der Waals surface area contributed by atoms with Gasteiger partial charge in [0.1, 0.15) is 0 Å². The van der Waals surface area contributed by atoms with Gasteiger partial charge >= 0.3 is 6.03 Å². The minimum atomic E-state index is -0.0814. The number of amides is 2. The molecule has 1 aliphatic heterocycles. The third-order valence-electron chi connectivity index (χ3n) is 4.46. The van der Waals surface area contributed by atoms with Crippen molar-refractivity contribution in [3.8, 4) is 0 Å². The van der Waals surface area contributed by atoms with Gasteiger partial charge in [0.25, 0.3) is 0 Å². The molecule has 1 aromatic heterocycles. The number of aryl methyl sites for hydroxylation is 1. The van der Waals surface area contributed by atoms with E-state index in [2.05, 4.69) is 41.5 Å². The van der Waals surface area contributed by atoms with E-state index in [4.69, 9.17) is 4.52 Å². The summed E-state index contributed by atoms with van der Waals surface area (Å²) in [6.07, 6.45) is 0.823. The third kappa shape index (κ3) is 3.37. The van der Waals surface area contributed by atoms with Gasteiger partial charge in [-0.25, -0.2) is 4.79 Å². The van der Waals surface area contributed by atoms with Crippen molar-refractivity contribution < 1.29 is 9.32 Å². The lowest BCUT2D eigenvalue weighted by Gasteiger charge is -2.28. The van der Waals surface area contributed by atoms with Gasteiger partial charge in [0.15, 0.2) is 5.76 Å². The molecule has 24 heavy (non-hydrogen) atoms. The van der Waals surface area contributed by atoms with Crippen LogP contribution in [0.25, 0.3) is 0 Å². The summed E-state index contributed by atoms with van der Waals surface area (Å²) < 4.78 is 5.23. The van der Waals surface area contributed by atoms with E-state index in [0.717, 1.165) is 24.2 Å². The van der Waals surface area contributed by atoms with Gasteiger partial charge < -0.3 is 19.6 Å². The molecule has 6 heteroatoms. The number of hydrogen-bond donors (Lipinski definition) is 1. The largest absolute Gasteiger partial charge is 0.372 e. The first-order valence-corrected chi connectivity index (χ1v) is 8.36. The molecule has 1 aromatic carbocycles. The van der Waals surface area contributed by atoms with E-state index < -0.39 is 0 Å². The molecule has 0 saturated heterocycles. The predicted octanol–water partition coefficient (Wildman–Crippen LogP) is 2.79. The maximum Gasteiger partial charge on any atom is 0.318 e. The number of aromatic nitrogens is 1. The molecule has 128 valence electrons. The Morgan fingerprint density at radius 1 is 1.42 bits per heavy atom. The van der Waals surface area contributed by atoms with Crippen molar-refractivity contribution in [3.05, 3.63) is 47.3 Å². The number of hydrogen-bond acceptors (Lipinski definition) is 4. The molecule has 1 atom stereocenters. The van der Waals surface area contributed by atoms with Crippen LogP contribution in [0.3, 0.4) is 0 Å². The number of carbonyl (C=O) groups excluding carboxylic acids is 1. The number of rotatable bonds is 3. The van der Waals surface area contributed by atoms with Crippen molar-refractivity contribution in [3.63, 3.8) is 0 Å². The Morgan fingerprint density at radius 3 is 2.96 bits per heavy atom. The number of nitrogens with zero attached hydrogens (tertiary/aromatic N) is 3. The Labute approximate surface area is 142 Å². The lowest BCUT2D eigenvalue weighted by Crippen LogP contribution is -2.46. The normalized spacial score (nSPS) is 17.4. The van der Waals surface area contributed by atoms with Gasteiger partial charge in [-0.05, 0) is 25.0 Å². The Kier molecular flexibility index (Phi) is 4.74. The molecule has 0 spiro atoms. The maximum atomic E-state index is 12.7. The summed E-state index contributed by atoms with van der Waals surface area (Å²) in [6.45, 7) is 5.85. The van der Waals surface area contributed by atoms with Crippen LogP contribution >= 0.6 is 0 Å². The van der Waals surface area contributed by atoms with E-state index in [1.54, 1.807) is 0 Å². The van der Waals surface area contributed by atoms with Crippen LogP contribution in [0, 0.1) is 0 Å². The first-order chi connectivity index (χ1) is 11.6. The highest BCUT2D eigenvalue weighted by molar-refractivity contribution is 5.75. The van der Waals surface area contributed by atoms with Crippen LogP contribution in [0.5, 0.6) is 0 Å². The van der Waals surface area contributed by atoms with Crippen LogP contribution in [0.4, 0.5) is 10.5 Å². The Morgan fingerprint density at radius 2 is 2.21 bits per heavy atom. The van der Waals surface area contributed by atoms with Gasteiger partial charge in [-0.15, -0.1) is 0 Å². The highest BCUT2D eigenvalue weighted by Gasteiger charge is 2.26. The zero-order valence-corrected chi connectivity index (χ0v) is 14.5. The maximum absolute atomic E-state index is 12.7. The van der Waals surface area contributed by atoms with Crippen molar-refractivity contribution >= 4 is 11.7 Å². The van der Waals surface area contributed by atoms with E-state index in [1.165, 1.54) is 5.69 Å². The van der Waals surface area contributed by atoms with Crippen LogP contribution in [0.15, 0.2) is 34.9 Å². The summed E-state index contributed by atoms with van der Waals surface area (Å²) in [5.41, 5.74) is 3.24. The molecule has 0 aliphatic carbocycles. The van der Waals surface area contributed by atoms with Gasteiger partial charge in [-0.1, -0.05) is 30.3 Å². The molecular weight excluding hydrogens is 304 g/mol. The summed E-state index contributed by atoms with van der Waals surface area (Å²) in [4.78, 5) is 16.7. The average molecular weight is 328 g/mol. The van der Waals surface area contributed by atoms with Crippen LogP contribution in [-0.4, -0.2) is 35.7 Å². The van der Waals surface area contributed by atoms with Crippen LogP contribution in [0.2, 0.25) is 0 Å². The molecule has 3 rings (SSSR count). The van der Waals surface area contributed by atoms with Crippen molar-refractivity contribution in [2.24, 2.45) is 0 Å². The number of urea groups is 1. The number of likely N-dealkylation sites (N-methyl/N-ethyl adjacent to an activating group) is 1. The fourth-order valence-corrected chi connectivity index (χ4v) is 3.09. The number of nitrogens with one attached hydrogen (secondary N) is 1. The average Bonchev–Trinajstić information content (AvgIpc) is 3.00. The SMILES string of the molecule is CCc1cc(CNC(=O)N2Cc3ccccc3N(C)C[C@@H]2C)on1. The monoisotopic (exact) mass is 328 g/mol. The van der Waals surface area contributed by atoms with E-state index in [0.29, 0.717) is 18.8 Å². The van der Waals surface area contributed by atoms with Crippen molar-refractivity contribution in [2.45, 2.75) is 39.4 Å². The number of para-hydroxylation sites is 1. The quantitative estimate of drug-likeness (QED) is 0.941. The Balaban J connectivity index is 1.69. The van der Waals surface area contributed by atoms with E-state index in [1.807, 2.05) is 30.0 Å². The molecule has 2 aromatic rings. The molecule has 1 aliphatic rings. The second-order valence-corrected chi connectivity index (χ2v) is 6.28. The second-order valence-electron chi connectivity index (χ2n) is 6.28. The highest BCUT2D eigenvalue weighted by Crippen LogP contribution is 2.25. The van der Waals surface area contributed by atoms with Crippen molar-refractivity contribution in [1.82, 2.24) is 15.4 Å². The van der Waals surface area contributed by atoms with Gasteiger partial charge in [0.2, 0.25) is 0 Å². The topological polar surface area (TPSA) is 61.6 Å². The number of anilines is 1. The van der Waals surface area contributed by atoms with Crippen molar-refractivity contribution in [1.29, 1.82) is 0 Å². The smallest absolute Gasteiger partial charge is 0.318 e. The zero-order chi connectivity index (χ0) is 17.1. The van der Waals surface area contributed by atoms with Crippen molar-refractivity contribution in [2.75, 3.05) is 18.5 Å². The molecule has 1 N–H and O–H groups in total. The summed E-state index contributed by atoms with van der Waals surface area (Å²) in [6, 6.07) is 10.1. The summed E-state index contributed by atoms with van der Waals surface area (Å²) in [7, 11) is 2.07. The molecule has 0 radical (unpaired) electrons.